The van der Waals surface area contributed by atoms with Crippen LogP contribution in [0.5, 0.6) is 0 Å². The first-order valence-electron chi connectivity index (χ1n) is 9.31. The molecule has 4 heterocycles. The number of benzene rings is 1. The molecule has 0 saturated carbocycles. The number of aryl methyl sites for hydroxylation is 1. The number of hydrogen-bond donors (Lipinski definition) is 0. The molecule has 4 aromatic heterocycles. The van der Waals surface area contributed by atoms with Gasteiger partial charge in [-0.05, 0) is 42.1 Å². The quantitative estimate of drug-likeness (QED) is 0.294. The minimum Gasteiger partial charge on any atom is -0.270 e. The number of nitrogens with zero attached hydrogens (tertiary/aromatic N) is 5. The maximum atomic E-state index is 4.79. The number of pyridine rings is 1. The van der Waals surface area contributed by atoms with Crippen LogP contribution in [0.4, 0.5) is 0 Å². The predicted molar refractivity (Wildman–Crippen MR) is 124 cm³/mol. The molecule has 0 fully saturated rings. The number of thioether (sulfide) groups is 1. The zero-order valence-corrected chi connectivity index (χ0v) is 18.5. The molecular formula is C22H17N5S3. The molecule has 0 aliphatic carbocycles. The van der Waals surface area contributed by atoms with Crippen LogP contribution in [-0.2, 0) is 5.75 Å². The van der Waals surface area contributed by atoms with E-state index in [1.807, 2.05) is 24.3 Å². The van der Waals surface area contributed by atoms with Gasteiger partial charge in [0.15, 0.2) is 11.0 Å². The fourth-order valence-electron chi connectivity index (χ4n) is 3.11. The van der Waals surface area contributed by atoms with Crippen LogP contribution in [-0.4, -0.2) is 24.7 Å². The van der Waals surface area contributed by atoms with Crippen LogP contribution >= 0.6 is 34.4 Å². The van der Waals surface area contributed by atoms with E-state index in [9.17, 15) is 0 Å². The Labute approximate surface area is 186 Å². The van der Waals surface area contributed by atoms with E-state index in [2.05, 4.69) is 61.0 Å². The fraction of sp³-hybridized carbons (Fsp3) is 0.0909. The summed E-state index contributed by atoms with van der Waals surface area (Å²) in [5, 5.41) is 17.3. The van der Waals surface area contributed by atoms with Gasteiger partial charge in [0, 0.05) is 40.0 Å². The van der Waals surface area contributed by atoms with Gasteiger partial charge >= 0.3 is 0 Å². The molecule has 1 aromatic carbocycles. The highest BCUT2D eigenvalue weighted by Gasteiger charge is 2.18. The first-order valence-corrected chi connectivity index (χ1v) is 12.1. The van der Waals surface area contributed by atoms with E-state index in [0.717, 1.165) is 38.7 Å². The molecule has 8 heteroatoms. The van der Waals surface area contributed by atoms with Crippen molar-refractivity contribution >= 4 is 34.4 Å². The average molecular weight is 448 g/mol. The minimum absolute atomic E-state index is 0.737. The van der Waals surface area contributed by atoms with Crippen molar-refractivity contribution < 1.29 is 0 Å². The standard InChI is InChI=1S/C22H17N5S3/c1-15-4-2-3-5-19(15)27-20(16-6-9-23-10-7-16)25-26-22(27)30-14-18-13-29-21(24-18)17-8-11-28-12-17/h2-13H,14H2,1H3. The minimum atomic E-state index is 0.737. The third kappa shape index (κ3) is 3.81. The van der Waals surface area contributed by atoms with Gasteiger partial charge in [0.2, 0.25) is 0 Å². The van der Waals surface area contributed by atoms with Crippen molar-refractivity contribution in [2.45, 2.75) is 17.8 Å². The Morgan fingerprint density at radius 2 is 1.83 bits per heavy atom. The van der Waals surface area contributed by atoms with Crippen molar-refractivity contribution in [3.63, 3.8) is 0 Å². The number of aromatic nitrogens is 5. The molecule has 5 aromatic rings. The molecule has 0 aliphatic heterocycles. The summed E-state index contributed by atoms with van der Waals surface area (Å²) in [5.74, 6) is 1.55. The molecule has 5 rings (SSSR count). The van der Waals surface area contributed by atoms with Crippen LogP contribution in [0, 0.1) is 6.92 Å². The van der Waals surface area contributed by atoms with Crippen molar-refractivity contribution in [2.75, 3.05) is 0 Å². The largest absolute Gasteiger partial charge is 0.270 e. The van der Waals surface area contributed by atoms with Crippen LogP contribution < -0.4 is 0 Å². The van der Waals surface area contributed by atoms with Gasteiger partial charge in [0.05, 0.1) is 11.4 Å². The molecule has 0 radical (unpaired) electrons. The van der Waals surface area contributed by atoms with Crippen LogP contribution in [0.25, 0.3) is 27.6 Å². The summed E-state index contributed by atoms with van der Waals surface area (Å²) >= 11 is 5.02. The second-order valence-electron chi connectivity index (χ2n) is 6.61. The summed E-state index contributed by atoms with van der Waals surface area (Å²) in [6, 6.07) is 14.3. The lowest BCUT2D eigenvalue weighted by Crippen LogP contribution is -2.02. The second-order valence-corrected chi connectivity index (χ2v) is 9.19. The summed E-state index contributed by atoms with van der Waals surface area (Å²) in [6.45, 7) is 2.10. The smallest absolute Gasteiger partial charge is 0.196 e. The Kier molecular flexibility index (Phi) is 5.44. The van der Waals surface area contributed by atoms with Crippen molar-refractivity contribution in [3.8, 4) is 27.6 Å². The Morgan fingerprint density at radius 3 is 2.63 bits per heavy atom. The Balaban J connectivity index is 1.48. The van der Waals surface area contributed by atoms with E-state index < -0.39 is 0 Å². The predicted octanol–water partition coefficient (Wildman–Crippen LogP) is 6.12. The van der Waals surface area contributed by atoms with E-state index >= 15 is 0 Å². The summed E-state index contributed by atoms with van der Waals surface area (Å²) < 4.78 is 2.13. The highest BCUT2D eigenvalue weighted by atomic mass is 32.2. The zero-order chi connectivity index (χ0) is 20.3. The molecule has 0 unspecified atom stereocenters. The zero-order valence-electron chi connectivity index (χ0n) is 16.1. The first-order chi connectivity index (χ1) is 14.8. The van der Waals surface area contributed by atoms with Crippen molar-refractivity contribution in [1.29, 1.82) is 0 Å². The van der Waals surface area contributed by atoms with Gasteiger partial charge in [-0.15, -0.1) is 21.5 Å². The molecule has 0 spiro atoms. The third-order valence-electron chi connectivity index (χ3n) is 4.60. The van der Waals surface area contributed by atoms with Gasteiger partial charge in [0.25, 0.3) is 0 Å². The molecule has 148 valence electrons. The van der Waals surface area contributed by atoms with Gasteiger partial charge in [-0.1, -0.05) is 30.0 Å². The van der Waals surface area contributed by atoms with Crippen LogP contribution in [0.2, 0.25) is 0 Å². The van der Waals surface area contributed by atoms with Crippen LogP contribution in [0.1, 0.15) is 11.3 Å². The maximum Gasteiger partial charge on any atom is 0.196 e. The highest BCUT2D eigenvalue weighted by Crippen LogP contribution is 2.32. The molecule has 5 nitrogen and oxygen atoms in total. The van der Waals surface area contributed by atoms with Gasteiger partial charge in [-0.3, -0.25) is 9.55 Å². The maximum absolute atomic E-state index is 4.79. The van der Waals surface area contributed by atoms with Gasteiger partial charge in [-0.25, -0.2) is 4.98 Å². The average Bonchev–Trinajstić information content (AvgIpc) is 3.53. The summed E-state index contributed by atoms with van der Waals surface area (Å²) in [7, 11) is 0. The fourth-order valence-corrected chi connectivity index (χ4v) is 5.59. The SMILES string of the molecule is Cc1ccccc1-n1c(SCc2csc(-c3ccsc3)n2)nnc1-c1ccncc1. The summed E-state index contributed by atoms with van der Waals surface area (Å²) in [5.41, 5.74) is 5.47. The lowest BCUT2D eigenvalue weighted by molar-refractivity contribution is 0.879. The molecule has 0 N–H and O–H groups in total. The Bertz CT molecular complexity index is 1260. The van der Waals surface area contributed by atoms with Gasteiger partial charge in [-0.2, -0.15) is 11.3 Å². The topological polar surface area (TPSA) is 56.5 Å². The highest BCUT2D eigenvalue weighted by molar-refractivity contribution is 7.98. The monoisotopic (exact) mass is 447 g/mol. The molecule has 0 amide bonds. The lowest BCUT2D eigenvalue weighted by atomic mass is 10.2. The van der Waals surface area contributed by atoms with Gasteiger partial charge < -0.3 is 0 Å². The molecule has 0 bridgehead atoms. The number of rotatable bonds is 6. The molecule has 0 aliphatic rings. The molecule has 0 saturated heterocycles. The van der Waals surface area contributed by atoms with Gasteiger partial charge in [0.1, 0.15) is 5.01 Å². The van der Waals surface area contributed by atoms with E-state index in [1.165, 1.54) is 11.1 Å². The van der Waals surface area contributed by atoms with E-state index in [-0.39, 0.29) is 0 Å². The van der Waals surface area contributed by atoms with Crippen molar-refractivity contribution in [2.24, 2.45) is 0 Å². The number of thiazole rings is 1. The van der Waals surface area contributed by atoms with E-state index in [1.54, 1.807) is 46.8 Å². The Morgan fingerprint density at radius 1 is 0.967 bits per heavy atom. The molecular weight excluding hydrogens is 430 g/mol. The van der Waals surface area contributed by atoms with Crippen molar-refractivity contribution in [1.82, 2.24) is 24.7 Å². The lowest BCUT2D eigenvalue weighted by Gasteiger charge is -2.12. The number of thiophene rings is 1. The summed E-state index contributed by atoms with van der Waals surface area (Å²) in [6.07, 6.45) is 3.56. The van der Waals surface area contributed by atoms with E-state index in [0.29, 0.717) is 0 Å². The first kappa shape index (κ1) is 19.2. The normalized spacial score (nSPS) is 11.1. The molecule has 30 heavy (non-hydrogen) atoms. The third-order valence-corrected chi connectivity index (χ3v) is 7.18. The Hall–Kier alpha value is -2.81. The van der Waals surface area contributed by atoms with Crippen LogP contribution in [0.3, 0.4) is 0 Å². The summed E-state index contributed by atoms with van der Waals surface area (Å²) in [4.78, 5) is 8.92. The van der Waals surface area contributed by atoms with E-state index in [4.69, 9.17) is 4.98 Å². The van der Waals surface area contributed by atoms with Crippen LogP contribution in [0.15, 0.2) is 76.2 Å². The number of para-hydroxylation sites is 1. The molecule has 0 atom stereocenters. The second kappa shape index (κ2) is 8.51. The van der Waals surface area contributed by atoms with Crippen molar-refractivity contribution in [3.05, 3.63) is 82.3 Å². The number of hydrogen-bond acceptors (Lipinski definition) is 7.